The van der Waals surface area contributed by atoms with Crippen molar-refractivity contribution in [2.45, 2.75) is 51.2 Å². The highest BCUT2D eigenvalue weighted by Gasteiger charge is 2.32. The van der Waals surface area contributed by atoms with Crippen molar-refractivity contribution in [2.24, 2.45) is 0 Å². The average Bonchev–Trinajstić information content (AvgIpc) is 2.39. The Bertz CT molecular complexity index is 689. The number of alkyl halides is 1. The first-order valence-corrected chi connectivity index (χ1v) is 7.73. The standard InChI is InChI=1S/C17H19ClO3/c1-9(2)21-17-7-16-12(6-14(17)18)11-4-10(3)5-15(19)13(11)8-20-16/h4-5,8-9,14,17H,6-7H2,1-3H3. The lowest BCUT2D eigenvalue weighted by molar-refractivity contribution is -0.000298. The molecule has 0 saturated carbocycles. The third-order valence-corrected chi connectivity index (χ3v) is 4.34. The fourth-order valence-electron chi connectivity index (χ4n) is 3.00. The molecule has 0 radical (unpaired) electrons. The molecule has 1 heterocycles. The number of hydrogen-bond acceptors (Lipinski definition) is 3. The van der Waals surface area contributed by atoms with E-state index in [1.165, 1.54) is 0 Å². The van der Waals surface area contributed by atoms with Gasteiger partial charge in [0.05, 0.1) is 23.1 Å². The largest absolute Gasteiger partial charge is 0.468 e. The molecule has 2 unspecified atom stereocenters. The summed E-state index contributed by atoms with van der Waals surface area (Å²) in [4.78, 5) is 12.1. The summed E-state index contributed by atoms with van der Waals surface area (Å²) >= 11 is 6.49. The second kappa shape index (κ2) is 5.47. The van der Waals surface area contributed by atoms with Crippen molar-refractivity contribution in [2.75, 3.05) is 0 Å². The van der Waals surface area contributed by atoms with Crippen LogP contribution < -0.4 is 5.43 Å². The van der Waals surface area contributed by atoms with E-state index in [1.54, 1.807) is 12.3 Å². The summed E-state index contributed by atoms with van der Waals surface area (Å²) < 4.78 is 11.6. The maximum absolute atomic E-state index is 12.1. The lowest BCUT2D eigenvalue weighted by Crippen LogP contribution is -2.35. The van der Waals surface area contributed by atoms with Crippen LogP contribution >= 0.6 is 11.6 Å². The van der Waals surface area contributed by atoms with E-state index in [9.17, 15) is 4.79 Å². The van der Waals surface area contributed by atoms with Crippen molar-refractivity contribution in [3.63, 3.8) is 0 Å². The van der Waals surface area contributed by atoms with Gasteiger partial charge in [0.25, 0.3) is 0 Å². The highest BCUT2D eigenvalue weighted by Crippen LogP contribution is 2.35. The molecule has 0 aromatic heterocycles. The second-order valence-electron chi connectivity index (χ2n) is 6.01. The molecule has 0 saturated heterocycles. The minimum absolute atomic E-state index is 0.00299. The molecule has 0 aromatic rings. The molecular weight excluding hydrogens is 288 g/mol. The zero-order valence-electron chi connectivity index (χ0n) is 12.5. The van der Waals surface area contributed by atoms with E-state index < -0.39 is 0 Å². The number of rotatable bonds is 2. The van der Waals surface area contributed by atoms with Gasteiger partial charge in [0.1, 0.15) is 12.0 Å². The molecule has 0 bridgehead atoms. The van der Waals surface area contributed by atoms with Gasteiger partial charge < -0.3 is 9.15 Å². The number of hydrogen-bond donors (Lipinski definition) is 0. The molecule has 0 aromatic carbocycles. The van der Waals surface area contributed by atoms with Crippen molar-refractivity contribution >= 4 is 11.6 Å². The van der Waals surface area contributed by atoms with E-state index in [1.807, 2.05) is 26.8 Å². The third kappa shape index (κ3) is 2.72. The van der Waals surface area contributed by atoms with Crippen LogP contribution in [0.15, 0.2) is 27.6 Å². The Balaban J connectivity index is 2.08. The minimum Gasteiger partial charge on any atom is -0.468 e. The predicted molar refractivity (Wildman–Crippen MR) is 83.4 cm³/mol. The van der Waals surface area contributed by atoms with Crippen LogP contribution in [-0.2, 0) is 17.6 Å². The summed E-state index contributed by atoms with van der Waals surface area (Å²) in [5.74, 6) is 0.884. The Labute approximate surface area is 129 Å². The fraction of sp³-hybridized carbons (Fsp3) is 0.471. The van der Waals surface area contributed by atoms with E-state index in [0.29, 0.717) is 18.4 Å². The van der Waals surface area contributed by atoms with Gasteiger partial charge in [-0.1, -0.05) is 6.07 Å². The zero-order valence-corrected chi connectivity index (χ0v) is 13.2. The smallest absolute Gasteiger partial charge is 0.189 e. The summed E-state index contributed by atoms with van der Waals surface area (Å²) in [7, 11) is 0. The first-order valence-electron chi connectivity index (χ1n) is 7.29. The zero-order chi connectivity index (χ0) is 15.1. The molecule has 1 aliphatic heterocycles. The molecule has 112 valence electrons. The maximum Gasteiger partial charge on any atom is 0.189 e. The Morgan fingerprint density at radius 1 is 1.29 bits per heavy atom. The van der Waals surface area contributed by atoms with Crippen molar-refractivity contribution in [3.8, 4) is 11.1 Å². The first-order chi connectivity index (χ1) is 9.95. The lowest BCUT2D eigenvalue weighted by atomic mass is 9.87. The second-order valence-corrected chi connectivity index (χ2v) is 6.57. The predicted octanol–water partition coefficient (Wildman–Crippen LogP) is 3.55. The SMILES string of the molecule is Cc1cc2c3c(occ-2c(=O)c1)CC(OC(C)C)C(Cl)C3. The average molecular weight is 307 g/mol. The van der Waals surface area contributed by atoms with E-state index in [2.05, 4.69) is 0 Å². The van der Waals surface area contributed by atoms with Crippen molar-refractivity contribution in [1.82, 2.24) is 0 Å². The van der Waals surface area contributed by atoms with Crippen LogP contribution in [0, 0.1) is 6.92 Å². The maximum atomic E-state index is 12.1. The van der Waals surface area contributed by atoms with Gasteiger partial charge in [-0.15, -0.1) is 11.6 Å². The van der Waals surface area contributed by atoms with Crippen LogP contribution in [0.2, 0.25) is 0 Å². The molecule has 0 amide bonds. The Morgan fingerprint density at radius 3 is 2.76 bits per heavy atom. The molecule has 3 nitrogen and oxygen atoms in total. The molecule has 0 N–H and O–H groups in total. The van der Waals surface area contributed by atoms with Crippen LogP contribution in [0.25, 0.3) is 11.1 Å². The molecule has 3 rings (SSSR count). The van der Waals surface area contributed by atoms with Gasteiger partial charge >= 0.3 is 0 Å². The van der Waals surface area contributed by atoms with Crippen LogP contribution in [-0.4, -0.2) is 17.6 Å². The third-order valence-electron chi connectivity index (χ3n) is 3.90. The van der Waals surface area contributed by atoms with Gasteiger partial charge in [-0.2, -0.15) is 0 Å². The highest BCUT2D eigenvalue weighted by atomic mass is 35.5. The summed E-state index contributed by atoms with van der Waals surface area (Å²) in [6.07, 6.45) is 2.97. The minimum atomic E-state index is -0.101. The number of ether oxygens (including phenoxy) is 1. The van der Waals surface area contributed by atoms with Crippen LogP contribution in [0.1, 0.15) is 30.7 Å². The fourth-order valence-corrected chi connectivity index (χ4v) is 3.30. The van der Waals surface area contributed by atoms with Crippen molar-refractivity contribution in [1.29, 1.82) is 0 Å². The quantitative estimate of drug-likeness (QED) is 0.797. The lowest BCUT2D eigenvalue weighted by Gasteiger charge is -2.31. The first kappa shape index (κ1) is 14.6. The number of benzene rings is 1. The van der Waals surface area contributed by atoms with Crippen LogP contribution in [0.5, 0.6) is 0 Å². The molecule has 0 fully saturated rings. The van der Waals surface area contributed by atoms with E-state index in [-0.39, 0.29) is 23.0 Å². The van der Waals surface area contributed by atoms with Gasteiger partial charge in [0.2, 0.25) is 0 Å². The van der Waals surface area contributed by atoms with E-state index in [4.69, 9.17) is 20.8 Å². The molecular formula is C17H19ClO3. The molecule has 4 heteroatoms. The Hall–Kier alpha value is -1.32. The molecule has 2 aliphatic carbocycles. The number of halogens is 1. The summed E-state index contributed by atoms with van der Waals surface area (Å²) in [6, 6.07) is 3.67. The van der Waals surface area contributed by atoms with Crippen molar-refractivity contribution < 1.29 is 9.15 Å². The molecule has 21 heavy (non-hydrogen) atoms. The summed E-state index contributed by atoms with van der Waals surface area (Å²) in [6.45, 7) is 5.94. The summed E-state index contributed by atoms with van der Waals surface area (Å²) in [5.41, 5.74) is 3.62. The number of aryl methyl sites for hydroxylation is 1. The van der Waals surface area contributed by atoms with Gasteiger partial charge in [-0.05, 0) is 44.4 Å². The van der Waals surface area contributed by atoms with Gasteiger partial charge in [0.15, 0.2) is 5.43 Å². The van der Waals surface area contributed by atoms with Gasteiger partial charge in [0, 0.05) is 12.0 Å². The monoisotopic (exact) mass is 306 g/mol. The molecule has 2 atom stereocenters. The Morgan fingerprint density at radius 2 is 2.05 bits per heavy atom. The van der Waals surface area contributed by atoms with Crippen LogP contribution in [0.3, 0.4) is 0 Å². The molecule has 3 aliphatic rings. The van der Waals surface area contributed by atoms with E-state index in [0.717, 1.165) is 22.5 Å². The summed E-state index contributed by atoms with van der Waals surface area (Å²) in [5, 5.41) is -0.101. The van der Waals surface area contributed by atoms with Gasteiger partial charge in [-0.25, -0.2) is 0 Å². The normalized spacial score (nSPS) is 21.8. The number of fused-ring (bicyclic) bond motifs is 3. The topological polar surface area (TPSA) is 39.4 Å². The highest BCUT2D eigenvalue weighted by molar-refractivity contribution is 6.21. The van der Waals surface area contributed by atoms with E-state index >= 15 is 0 Å². The van der Waals surface area contributed by atoms with Gasteiger partial charge in [-0.3, -0.25) is 4.79 Å². The Kier molecular flexibility index (Phi) is 3.80. The van der Waals surface area contributed by atoms with Crippen molar-refractivity contribution in [3.05, 3.63) is 45.5 Å². The molecule has 0 spiro atoms. The van der Waals surface area contributed by atoms with Crippen LogP contribution in [0.4, 0.5) is 0 Å².